The van der Waals surface area contributed by atoms with Crippen molar-refractivity contribution in [2.24, 2.45) is 5.41 Å². The topological polar surface area (TPSA) is 30.0 Å². The molecule has 1 aliphatic rings. The minimum Gasteiger partial charge on any atom is -0.293 e. The van der Waals surface area contributed by atoms with Gasteiger partial charge in [0.15, 0.2) is 5.78 Å². The zero-order chi connectivity index (χ0) is 13.6. The van der Waals surface area contributed by atoms with Crippen LogP contribution in [0.2, 0.25) is 5.02 Å². The number of ketones is 1. The summed E-state index contributed by atoms with van der Waals surface area (Å²) in [6.45, 7) is 4.23. The van der Waals surface area contributed by atoms with Gasteiger partial charge in [0, 0.05) is 12.0 Å². The number of fused-ring (bicyclic) bond motifs is 1. The molecule has 2 nitrogen and oxygen atoms in total. The maximum atomic E-state index is 12.2. The molecule has 0 N–H and O–H groups in total. The molecule has 1 aliphatic carbocycles. The molecule has 2 aromatic rings. The first-order chi connectivity index (χ1) is 8.96. The SMILES string of the molecule is CC1(C)CC(=O)c2sc(-c3ccccc3Cl)nc2C1. The van der Waals surface area contributed by atoms with Gasteiger partial charge in [-0.3, -0.25) is 4.79 Å². The van der Waals surface area contributed by atoms with Gasteiger partial charge in [0.2, 0.25) is 0 Å². The lowest BCUT2D eigenvalue weighted by molar-refractivity contribution is 0.0916. The molecule has 0 fully saturated rings. The number of halogens is 1. The standard InChI is InChI=1S/C15H14ClNOS/c1-15(2)7-11-13(12(18)8-15)19-14(17-11)9-5-3-4-6-10(9)16/h3-6H,7-8H2,1-2H3. The van der Waals surface area contributed by atoms with Gasteiger partial charge < -0.3 is 0 Å². The third-order valence-electron chi connectivity index (χ3n) is 3.34. The molecule has 0 saturated carbocycles. The molecule has 0 bridgehead atoms. The number of nitrogens with zero attached hydrogens (tertiary/aromatic N) is 1. The lowest BCUT2D eigenvalue weighted by Crippen LogP contribution is -2.25. The number of rotatable bonds is 1. The summed E-state index contributed by atoms with van der Waals surface area (Å²) in [5, 5.41) is 1.53. The van der Waals surface area contributed by atoms with Crippen molar-refractivity contribution < 1.29 is 4.79 Å². The van der Waals surface area contributed by atoms with E-state index in [1.165, 1.54) is 11.3 Å². The van der Waals surface area contributed by atoms with Crippen LogP contribution in [-0.2, 0) is 6.42 Å². The van der Waals surface area contributed by atoms with E-state index in [1.54, 1.807) is 0 Å². The van der Waals surface area contributed by atoms with E-state index in [4.69, 9.17) is 11.6 Å². The molecule has 1 heterocycles. The third kappa shape index (κ3) is 2.33. The number of aromatic nitrogens is 1. The van der Waals surface area contributed by atoms with Gasteiger partial charge >= 0.3 is 0 Å². The Balaban J connectivity index is 2.09. The van der Waals surface area contributed by atoms with E-state index < -0.39 is 0 Å². The number of carbonyl (C=O) groups is 1. The Morgan fingerprint density at radius 3 is 2.74 bits per heavy atom. The van der Waals surface area contributed by atoms with Crippen LogP contribution in [-0.4, -0.2) is 10.8 Å². The van der Waals surface area contributed by atoms with Crippen LogP contribution in [0.25, 0.3) is 10.6 Å². The molecular formula is C15H14ClNOS. The molecule has 3 rings (SSSR count). The Morgan fingerprint density at radius 2 is 2.00 bits per heavy atom. The average Bonchev–Trinajstić information content (AvgIpc) is 2.71. The van der Waals surface area contributed by atoms with Crippen molar-refractivity contribution in [3.05, 3.63) is 39.9 Å². The van der Waals surface area contributed by atoms with Crippen LogP contribution in [0.4, 0.5) is 0 Å². The van der Waals surface area contributed by atoms with Gasteiger partial charge in [0.25, 0.3) is 0 Å². The van der Waals surface area contributed by atoms with Crippen LogP contribution in [0, 0.1) is 5.41 Å². The van der Waals surface area contributed by atoms with Crippen LogP contribution in [0.1, 0.15) is 35.6 Å². The van der Waals surface area contributed by atoms with E-state index in [-0.39, 0.29) is 11.2 Å². The molecule has 98 valence electrons. The number of hydrogen-bond acceptors (Lipinski definition) is 3. The van der Waals surface area contributed by atoms with Crippen LogP contribution < -0.4 is 0 Å². The highest BCUT2D eigenvalue weighted by Gasteiger charge is 2.34. The number of carbonyl (C=O) groups excluding carboxylic acids is 1. The molecule has 0 saturated heterocycles. The van der Waals surface area contributed by atoms with Crippen molar-refractivity contribution in [3.8, 4) is 10.6 Å². The minimum atomic E-state index is 0.00983. The molecule has 4 heteroatoms. The number of hydrogen-bond donors (Lipinski definition) is 0. The molecular weight excluding hydrogens is 278 g/mol. The van der Waals surface area contributed by atoms with E-state index in [0.717, 1.165) is 27.6 Å². The number of benzene rings is 1. The van der Waals surface area contributed by atoms with Crippen molar-refractivity contribution >= 4 is 28.7 Å². The Kier molecular flexibility index (Phi) is 2.99. The van der Waals surface area contributed by atoms with Gasteiger partial charge in [0.1, 0.15) is 5.01 Å². The molecule has 0 spiro atoms. The summed E-state index contributed by atoms with van der Waals surface area (Å²) in [4.78, 5) is 17.6. The van der Waals surface area contributed by atoms with Crippen LogP contribution in [0.15, 0.2) is 24.3 Å². The highest BCUT2D eigenvalue weighted by molar-refractivity contribution is 7.17. The molecule has 19 heavy (non-hydrogen) atoms. The quantitative estimate of drug-likeness (QED) is 0.767. The van der Waals surface area contributed by atoms with Gasteiger partial charge in [-0.2, -0.15) is 0 Å². The van der Waals surface area contributed by atoms with Crippen molar-refractivity contribution in [1.29, 1.82) is 0 Å². The minimum absolute atomic E-state index is 0.00983. The molecule has 1 aromatic carbocycles. The highest BCUT2D eigenvalue weighted by atomic mass is 35.5. The summed E-state index contributed by atoms with van der Waals surface area (Å²) >= 11 is 7.66. The lowest BCUT2D eigenvalue weighted by Gasteiger charge is -2.26. The van der Waals surface area contributed by atoms with E-state index in [9.17, 15) is 4.79 Å². The fourth-order valence-electron chi connectivity index (χ4n) is 2.47. The van der Waals surface area contributed by atoms with E-state index in [2.05, 4.69) is 18.8 Å². The number of thiazole rings is 1. The van der Waals surface area contributed by atoms with Gasteiger partial charge in [0.05, 0.1) is 15.6 Å². The zero-order valence-corrected chi connectivity index (χ0v) is 12.4. The molecule has 0 aliphatic heterocycles. The summed E-state index contributed by atoms with van der Waals surface area (Å²) in [6.07, 6.45) is 1.46. The van der Waals surface area contributed by atoms with E-state index >= 15 is 0 Å². The zero-order valence-electron chi connectivity index (χ0n) is 10.9. The van der Waals surface area contributed by atoms with Crippen molar-refractivity contribution in [2.75, 3.05) is 0 Å². The second-order valence-corrected chi connectivity index (χ2v) is 7.12. The molecule has 0 atom stereocenters. The fourth-order valence-corrected chi connectivity index (χ4v) is 3.81. The summed E-state index contributed by atoms with van der Waals surface area (Å²) in [6, 6.07) is 7.63. The highest BCUT2D eigenvalue weighted by Crippen LogP contribution is 2.40. The first kappa shape index (κ1) is 12.8. The predicted molar refractivity (Wildman–Crippen MR) is 79.0 cm³/mol. The Labute approximate surface area is 121 Å². The third-order valence-corrected chi connectivity index (χ3v) is 4.84. The largest absolute Gasteiger partial charge is 0.293 e. The molecule has 0 amide bonds. The maximum absolute atomic E-state index is 12.2. The monoisotopic (exact) mass is 291 g/mol. The predicted octanol–water partition coefficient (Wildman–Crippen LogP) is 4.62. The van der Waals surface area contributed by atoms with Crippen molar-refractivity contribution in [3.63, 3.8) is 0 Å². The fraction of sp³-hybridized carbons (Fsp3) is 0.333. The molecule has 0 radical (unpaired) electrons. The second-order valence-electron chi connectivity index (χ2n) is 5.72. The molecule has 1 aromatic heterocycles. The first-order valence-electron chi connectivity index (χ1n) is 6.24. The van der Waals surface area contributed by atoms with E-state index in [1.807, 2.05) is 24.3 Å². The van der Waals surface area contributed by atoms with Gasteiger partial charge in [-0.1, -0.05) is 43.6 Å². The van der Waals surface area contributed by atoms with Gasteiger partial charge in [-0.25, -0.2) is 4.98 Å². The smallest absolute Gasteiger partial charge is 0.175 e. The Hall–Kier alpha value is -1.19. The summed E-state index contributed by atoms with van der Waals surface area (Å²) in [7, 11) is 0. The maximum Gasteiger partial charge on any atom is 0.175 e. The van der Waals surface area contributed by atoms with Crippen molar-refractivity contribution in [1.82, 2.24) is 4.98 Å². The lowest BCUT2D eigenvalue weighted by atomic mass is 9.78. The number of Topliss-reactive ketones (excluding diaryl/α,β-unsaturated/α-hetero) is 1. The van der Waals surface area contributed by atoms with Crippen LogP contribution in [0.3, 0.4) is 0 Å². The first-order valence-corrected chi connectivity index (χ1v) is 7.43. The summed E-state index contributed by atoms with van der Waals surface area (Å²) in [5.41, 5.74) is 1.85. The molecule has 0 unspecified atom stereocenters. The van der Waals surface area contributed by atoms with Crippen LogP contribution in [0.5, 0.6) is 0 Å². The van der Waals surface area contributed by atoms with Gasteiger partial charge in [-0.15, -0.1) is 11.3 Å². The Bertz CT molecular complexity index is 660. The van der Waals surface area contributed by atoms with Gasteiger partial charge in [-0.05, 0) is 17.9 Å². The summed E-state index contributed by atoms with van der Waals surface area (Å²) < 4.78 is 0. The Morgan fingerprint density at radius 1 is 1.26 bits per heavy atom. The van der Waals surface area contributed by atoms with Crippen LogP contribution >= 0.6 is 22.9 Å². The summed E-state index contributed by atoms with van der Waals surface area (Å²) in [5.74, 6) is 0.210. The average molecular weight is 292 g/mol. The normalized spacial score (nSPS) is 17.3. The van der Waals surface area contributed by atoms with Crippen molar-refractivity contribution in [2.45, 2.75) is 26.7 Å². The van der Waals surface area contributed by atoms with E-state index in [0.29, 0.717) is 11.4 Å². The second kappa shape index (κ2) is 4.43.